The number of nitrogens with zero attached hydrogens (tertiary/aromatic N) is 7. The zero-order valence-electron chi connectivity index (χ0n) is 36.8. The van der Waals surface area contributed by atoms with Crippen molar-refractivity contribution in [3.8, 4) is 5.75 Å². The topological polar surface area (TPSA) is 182 Å². The van der Waals surface area contributed by atoms with Crippen LogP contribution < -0.4 is 25.6 Å². The normalized spacial score (nSPS) is 20.4. The minimum atomic E-state index is -3.68. The molecular formula is C46H55ClN10O6S. The lowest BCUT2D eigenvalue weighted by Gasteiger charge is -2.55. The fourth-order valence-corrected chi connectivity index (χ4v) is 10.8. The number of imide groups is 1. The average molecular weight is 912 g/mol. The monoisotopic (exact) mass is 910 g/mol. The maximum atomic E-state index is 13.2. The van der Waals surface area contributed by atoms with Crippen LogP contribution in [0.25, 0.3) is 0 Å². The van der Waals surface area contributed by atoms with Crippen molar-refractivity contribution in [3.63, 3.8) is 0 Å². The lowest BCUT2D eigenvalue weighted by atomic mass is 9.85. The number of amides is 3. The third kappa shape index (κ3) is 8.62. The highest BCUT2D eigenvalue weighted by Crippen LogP contribution is 2.40. The van der Waals surface area contributed by atoms with E-state index in [2.05, 4.69) is 70.7 Å². The number of aromatic nitrogens is 3. The van der Waals surface area contributed by atoms with Gasteiger partial charge < -0.3 is 25.2 Å². The second-order valence-corrected chi connectivity index (χ2v) is 21.0. The summed E-state index contributed by atoms with van der Waals surface area (Å²) < 4.78 is 32.5. The number of carbonyl (C=O) groups excluding carboxylic acids is 3. The number of likely N-dealkylation sites (tertiary alicyclic amines) is 2. The smallest absolute Gasteiger partial charge is 0.255 e. The van der Waals surface area contributed by atoms with E-state index < -0.39 is 21.1 Å². The van der Waals surface area contributed by atoms with Gasteiger partial charge in [-0.2, -0.15) is 4.98 Å². The molecule has 0 aliphatic carbocycles. The maximum absolute atomic E-state index is 13.2. The average Bonchev–Trinajstić information content (AvgIpc) is 3.55. The quantitative estimate of drug-likeness (QED) is 0.137. The van der Waals surface area contributed by atoms with Crippen molar-refractivity contribution in [2.75, 3.05) is 54.8 Å². The fraction of sp³-hybridized carbons (Fsp3) is 0.478. The molecular weight excluding hydrogens is 856 g/mol. The molecule has 4 saturated heterocycles. The molecule has 1 atom stereocenters. The van der Waals surface area contributed by atoms with Gasteiger partial charge in [-0.3, -0.25) is 29.5 Å². The Labute approximate surface area is 379 Å². The fourth-order valence-electron chi connectivity index (χ4n) is 9.54. The summed E-state index contributed by atoms with van der Waals surface area (Å²) in [6.45, 7) is 15.8. The highest BCUT2D eigenvalue weighted by molar-refractivity contribution is 7.92. The number of hydrogen-bond acceptors (Lipinski definition) is 14. The number of fused-ring (bicyclic) bond motifs is 1. The number of rotatable bonds is 13. The molecule has 0 radical (unpaired) electrons. The minimum absolute atomic E-state index is 0.0746. The number of ether oxygens (including phenoxy) is 1. The van der Waals surface area contributed by atoms with Gasteiger partial charge in [0.2, 0.25) is 17.8 Å². The van der Waals surface area contributed by atoms with Crippen LogP contribution in [0.15, 0.2) is 59.9 Å². The van der Waals surface area contributed by atoms with Crippen molar-refractivity contribution >= 4 is 68.0 Å². The van der Waals surface area contributed by atoms with Crippen LogP contribution in [-0.2, 0) is 26.0 Å². The highest BCUT2D eigenvalue weighted by atomic mass is 35.5. The third-order valence-corrected chi connectivity index (χ3v) is 15.6. The number of piperidine rings is 2. The largest absolute Gasteiger partial charge is 0.489 e. The van der Waals surface area contributed by atoms with Gasteiger partial charge in [0, 0.05) is 68.7 Å². The Morgan fingerprint density at radius 2 is 1.64 bits per heavy atom. The summed E-state index contributed by atoms with van der Waals surface area (Å²) in [5, 5.41) is 8.26. The maximum Gasteiger partial charge on any atom is 0.255 e. The second-order valence-electron chi connectivity index (χ2n) is 18.2. The molecule has 4 fully saturated rings. The van der Waals surface area contributed by atoms with Crippen LogP contribution in [0.3, 0.4) is 0 Å². The zero-order chi connectivity index (χ0) is 45.0. The molecule has 18 heteroatoms. The molecule has 5 aliphatic heterocycles. The van der Waals surface area contributed by atoms with E-state index in [1.165, 1.54) is 18.0 Å². The predicted molar refractivity (Wildman–Crippen MR) is 245 cm³/mol. The van der Waals surface area contributed by atoms with Crippen LogP contribution in [0.2, 0.25) is 5.02 Å². The number of benzene rings is 2. The van der Waals surface area contributed by atoms with Gasteiger partial charge in [0.25, 0.3) is 5.91 Å². The third-order valence-electron chi connectivity index (χ3n) is 13.3. The molecule has 9 rings (SSSR count). The molecule has 7 heterocycles. The Morgan fingerprint density at radius 3 is 2.36 bits per heavy atom. The standard InChI is InChI=1S/C46H55ClN10O6S/c1-26(2)63-40-19-35(28(5)17-38(40)51-46-49-20-36(47)42(53-46)50-37-7-6-14-48-44(37)64(61,62)27(3)4)29-12-15-54(16-13-29)32-22-56(23-32)33-24-55(25-33)31-8-9-34-30(18-31)21-57(45(34)60)39-10-11-41(58)52-43(39)59/h6-9,14,17-20,26-27,29,32-33,39H,10-13,15-16,21-25H2,1-5H3,(H,52,58,59)(H2,49,50,51,53). The Hall–Kier alpha value is -5.36. The van der Waals surface area contributed by atoms with Gasteiger partial charge in [-0.15, -0.1) is 0 Å². The number of aryl methyl sites for hydroxylation is 1. The van der Waals surface area contributed by atoms with Gasteiger partial charge in [0.1, 0.15) is 16.8 Å². The van der Waals surface area contributed by atoms with Crippen molar-refractivity contribution in [1.29, 1.82) is 0 Å². The van der Waals surface area contributed by atoms with Crippen LogP contribution >= 0.6 is 11.6 Å². The number of pyridine rings is 1. The summed E-state index contributed by atoms with van der Waals surface area (Å²) in [5.41, 5.74) is 6.10. The molecule has 0 spiro atoms. The Morgan fingerprint density at radius 1 is 0.891 bits per heavy atom. The summed E-state index contributed by atoms with van der Waals surface area (Å²) in [5.74, 6) is 0.790. The molecule has 3 N–H and O–H groups in total. The van der Waals surface area contributed by atoms with E-state index in [1.807, 2.05) is 26.0 Å². The highest BCUT2D eigenvalue weighted by Gasteiger charge is 2.43. The van der Waals surface area contributed by atoms with Gasteiger partial charge in [-0.1, -0.05) is 11.6 Å². The van der Waals surface area contributed by atoms with Crippen LogP contribution in [0.1, 0.15) is 86.3 Å². The summed E-state index contributed by atoms with van der Waals surface area (Å²) in [7, 11) is -3.68. The predicted octanol–water partition coefficient (Wildman–Crippen LogP) is 5.80. The lowest BCUT2D eigenvalue weighted by molar-refractivity contribution is -0.136. The van der Waals surface area contributed by atoms with E-state index in [0.29, 0.717) is 42.3 Å². The van der Waals surface area contributed by atoms with Gasteiger partial charge in [0.05, 0.1) is 28.9 Å². The van der Waals surface area contributed by atoms with Crippen molar-refractivity contribution in [3.05, 3.63) is 82.1 Å². The SMILES string of the molecule is Cc1cc(Nc2ncc(Cl)c(Nc3cccnc3S(=O)(=O)C(C)C)n2)c(OC(C)C)cc1C1CCN(C2CN(C3CN(c4ccc5c(c4)CN(C4CCC(=O)NC4=O)C5=O)C3)C2)CC1. The van der Waals surface area contributed by atoms with E-state index in [0.717, 1.165) is 74.6 Å². The summed E-state index contributed by atoms with van der Waals surface area (Å²) in [6.07, 6.45) is 5.56. The number of carbonyl (C=O) groups is 3. The number of hydrogen-bond donors (Lipinski definition) is 3. The van der Waals surface area contributed by atoms with Crippen LogP contribution in [0, 0.1) is 6.92 Å². The molecule has 64 heavy (non-hydrogen) atoms. The van der Waals surface area contributed by atoms with E-state index >= 15 is 0 Å². The van der Waals surface area contributed by atoms with Gasteiger partial charge in [0.15, 0.2) is 20.7 Å². The van der Waals surface area contributed by atoms with Gasteiger partial charge in [-0.25, -0.2) is 18.4 Å². The van der Waals surface area contributed by atoms with Crippen molar-refractivity contribution in [2.45, 2.75) is 107 Å². The first-order valence-corrected chi connectivity index (χ1v) is 24.1. The first-order chi connectivity index (χ1) is 30.6. The molecule has 3 amide bonds. The summed E-state index contributed by atoms with van der Waals surface area (Å²) in [4.78, 5) is 59.7. The number of anilines is 5. The molecule has 5 aliphatic rings. The first-order valence-electron chi connectivity index (χ1n) is 22.2. The number of nitrogens with one attached hydrogen (secondary N) is 3. The Bertz CT molecular complexity index is 2590. The van der Waals surface area contributed by atoms with Gasteiger partial charge >= 0.3 is 0 Å². The molecule has 0 saturated carbocycles. The van der Waals surface area contributed by atoms with E-state index in [4.69, 9.17) is 16.3 Å². The lowest BCUT2D eigenvalue weighted by Crippen LogP contribution is -2.70. The van der Waals surface area contributed by atoms with E-state index in [-0.39, 0.29) is 57.7 Å². The van der Waals surface area contributed by atoms with Crippen LogP contribution in [0.4, 0.5) is 28.8 Å². The van der Waals surface area contributed by atoms with Crippen molar-refractivity contribution in [1.82, 2.24) is 35.0 Å². The molecule has 0 bridgehead atoms. The number of halogens is 1. The van der Waals surface area contributed by atoms with Crippen molar-refractivity contribution < 1.29 is 27.5 Å². The summed E-state index contributed by atoms with van der Waals surface area (Å²) >= 11 is 6.51. The van der Waals surface area contributed by atoms with E-state index in [9.17, 15) is 22.8 Å². The molecule has 2 aromatic carbocycles. The second kappa shape index (κ2) is 17.6. The summed E-state index contributed by atoms with van der Waals surface area (Å²) in [6, 6.07) is 14.0. The number of sulfone groups is 1. The van der Waals surface area contributed by atoms with Crippen LogP contribution in [0.5, 0.6) is 5.75 Å². The zero-order valence-corrected chi connectivity index (χ0v) is 38.4. The van der Waals surface area contributed by atoms with Gasteiger partial charge in [-0.05, 0) is 132 Å². The first kappa shape index (κ1) is 43.9. The van der Waals surface area contributed by atoms with Crippen LogP contribution in [-0.4, -0.2) is 125 Å². The Balaban J connectivity index is 0.784. The molecule has 2 aromatic heterocycles. The molecule has 16 nitrogen and oxygen atoms in total. The van der Waals surface area contributed by atoms with Crippen molar-refractivity contribution in [2.24, 2.45) is 0 Å². The molecule has 1 unspecified atom stereocenters. The minimum Gasteiger partial charge on any atom is -0.489 e. The molecule has 4 aromatic rings. The molecule has 338 valence electrons. The Kier molecular flexibility index (Phi) is 12.0. The van der Waals surface area contributed by atoms with E-state index in [1.54, 1.807) is 30.9 Å².